The van der Waals surface area contributed by atoms with Crippen LogP contribution >= 0.6 is 0 Å². The highest BCUT2D eigenvalue weighted by atomic mass is 16.3. The van der Waals surface area contributed by atoms with Gasteiger partial charge in [-0.2, -0.15) is 0 Å². The molecular formula is C23H33NO. The van der Waals surface area contributed by atoms with E-state index in [9.17, 15) is 5.11 Å². The lowest BCUT2D eigenvalue weighted by atomic mass is 9.52. The summed E-state index contributed by atoms with van der Waals surface area (Å²) in [7, 11) is 0. The van der Waals surface area contributed by atoms with Crippen LogP contribution in [0.4, 0.5) is 0 Å². The number of benzene rings is 1. The predicted molar refractivity (Wildman–Crippen MR) is 104 cm³/mol. The predicted octanol–water partition coefficient (Wildman–Crippen LogP) is 5.20. The van der Waals surface area contributed by atoms with Gasteiger partial charge < -0.3 is 5.11 Å². The Hall–Kier alpha value is -1.28. The van der Waals surface area contributed by atoms with E-state index in [0.29, 0.717) is 17.2 Å². The summed E-state index contributed by atoms with van der Waals surface area (Å²) in [6.07, 6.45) is 12.7. The summed E-state index contributed by atoms with van der Waals surface area (Å²) in [5.74, 6) is 1.24. The van der Waals surface area contributed by atoms with E-state index in [1.54, 1.807) is 5.57 Å². The lowest BCUT2D eigenvalue weighted by Gasteiger charge is -2.59. The molecule has 25 heavy (non-hydrogen) atoms. The van der Waals surface area contributed by atoms with Crippen molar-refractivity contribution < 1.29 is 5.11 Å². The van der Waals surface area contributed by atoms with Gasteiger partial charge in [0, 0.05) is 18.0 Å². The average molecular weight is 340 g/mol. The first kappa shape index (κ1) is 17.1. The quantitative estimate of drug-likeness (QED) is 0.762. The van der Waals surface area contributed by atoms with Crippen molar-refractivity contribution >= 4 is 0 Å². The van der Waals surface area contributed by atoms with Crippen LogP contribution < -0.4 is 0 Å². The number of piperidine rings is 1. The smallest absolute Gasteiger partial charge is 0.115 e. The number of allylic oxidation sites excluding steroid dienone is 1. The molecule has 2 nitrogen and oxygen atoms in total. The molecule has 0 aromatic heterocycles. The number of rotatable bonds is 4. The molecular weight excluding hydrogens is 306 g/mol. The Morgan fingerprint density at radius 1 is 1.24 bits per heavy atom. The monoisotopic (exact) mass is 339 g/mol. The number of phenols is 1. The summed E-state index contributed by atoms with van der Waals surface area (Å²) >= 11 is 0. The van der Waals surface area contributed by atoms with E-state index in [4.69, 9.17) is 0 Å². The SMILES string of the molecule is CCC(=CCN1CC[C@]23CCCC[C@H]2[C@H]1Cc1ccc(O)cc13)CC. The topological polar surface area (TPSA) is 23.5 Å². The summed E-state index contributed by atoms with van der Waals surface area (Å²) in [5.41, 5.74) is 4.93. The lowest BCUT2D eigenvalue weighted by Crippen LogP contribution is -2.60. The molecule has 136 valence electrons. The molecule has 0 unspecified atom stereocenters. The van der Waals surface area contributed by atoms with Gasteiger partial charge in [-0.05, 0) is 74.2 Å². The summed E-state index contributed by atoms with van der Waals surface area (Å²) in [6.45, 7) is 6.90. The van der Waals surface area contributed by atoms with Crippen molar-refractivity contribution in [3.63, 3.8) is 0 Å². The second-order valence-corrected chi connectivity index (χ2v) is 8.44. The number of fused-ring (bicyclic) bond motifs is 1. The largest absolute Gasteiger partial charge is 0.508 e. The first-order valence-corrected chi connectivity index (χ1v) is 10.4. The molecule has 2 bridgehead atoms. The van der Waals surface area contributed by atoms with Crippen molar-refractivity contribution in [2.45, 2.75) is 76.7 Å². The molecule has 1 aromatic rings. The number of nitrogens with zero attached hydrogens (tertiary/aromatic N) is 1. The molecule has 0 amide bonds. The third-order valence-corrected chi connectivity index (χ3v) is 7.46. The van der Waals surface area contributed by atoms with Crippen LogP contribution in [0.3, 0.4) is 0 Å². The van der Waals surface area contributed by atoms with Crippen LogP contribution in [-0.4, -0.2) is 29.1 Å². The molecule has 1 saturated heterocycles. The average Bonchev–Trinajstić information content (AvgIpc) is 2.64. The highest BCUT2D eigenvalue weighted by Gasteiger charge is 2.53. The van der Waals surface area contributed by atoms with Crippen LogP contribution in [0.25, 0.3) is 0 Å². The zero-order valence-electron chi connectivity index (χ0n) is 15.9. The van der Waals surface area contributed by atoms with Crippen LogP contribution in [0.1, 0.15) is 69.9 Å². The van der Waals surface area contributed by atoms with Gasteiger partial charge in [0.05, 0.1) is 0 Å². The third kappa shape index (κ3) is 2.83. The van der Waals surface area contributed by atoms with E-state index < -0.39 is 0 Å². The third-order valence-electron chi connectivity index (χ3n) is 7.46. The number of likely N-dealkylation sites (tertiary alicyclic amines) is 1. The van der Waals surface area contributed by atoms with E-state index in [1.165, 1.54) is 69.0 Å². The molecule has 2 heteroatoms. The van der Waals surface area contributed by atoms with Gasteiger partial charge in [-0.25, -0.2) is 0 Å². The van der Waals surface area contributed by atoms with E-state index in [2.05, 4.69) is 37.0 Å². The van der Waals surface area contributed by atoms with Gasteiger partial charge in [0.2, 0.25) is 0 Å². The summed E-state index contributed by atoms with van der Waals surface area (Å²) < 4.78 is 0. The fourth-order valence-electron chi connectivity index (χ4n) is 6.08. The first-order valence-electron chi connectivity index (χ1n) is 10.4. The standard InChI is InChI=1S/C23H33NO/c1-3-17(4-2)10-13-24-14-12-23-11-6-5-7-20(23)22(24)15-18-8-9-19(25)16-21(18)23/h8-10,16,20,22,25H,3-7,11-15H2,1-2H3/t20-,22+,23+/m0/s1. The maximum Gasteiger partial charge on any atom is 0.115 e. The Morgan fingerprint density at radius 3 is 2.88 bits per heavy atom. The fraction of sp³-hybridized carbons (Fsp3) is 0.652. The van der Waals surface area contributed by atoms with Crippen LogP contribution in [0.2, 0.25) is 0 Å². The summed E-state index contributed by atoms with van der Waals surface area (Å²) in [4.78, 5) is 2.77. The van der Waals surface area contributed by atoms with E-state index in [-0.39, 0.29) is 0 Å². The van der Waals surface area contributed by atoms with Crippen molar-refractivity contribution in [2.75, 3.05) is 13.1 Å². The van der Waals surface area contributed by atoms with E-state index in [0.717, 1.165) is 12.5 Å². The molecule has 0 radical (unpaired) electrons. The van der Waals surface area contributed by atoms with Crippen molar-refractivity contribution in [2.24, 2.45) is 5.92 Å². The van der Waals surface area contributed by atoms with E-state index in [1.807, 2.05) is 6.07 Å². The number of hydrogen-bond acceptors (Lipinski definition) is 2. The molecule has 4 rings (SSSR count). The Balaban J connectivity index is 1.68. The number of aromatic hydroxyl groups is 1. The second-order valence-electron chi connectivity index (χ2n) is 8.44. The van der Waals surface area contributed by atoms with Crippen molar-refractivity contribution in [1.29, 1.82) is 0 Å². The second kappa shape index (κ2) is 6.79. The van der Waals surface area contributed by atoms with Gasteiger partial charge in [-0.1, -0.05) is 44.4 Å². The Bertz CT molecular complexity index is 658. The lowest BCUT2D eigenvalue weighted by molar-refractivity contribution is -0.00531. The molecule has 1 N–H and O–H groups in total. The van der Waals surface area contributed by atoms with Crippen LogP contribution in [-0.2, 0) is 11.8 Å². The Kier molecular flexibility index (Phi) is 4.66. The zero-order chi connectivity index (χ0) is 17.4. The molecule has 0 spiro atoms. The first-order chi connectivity index (χ1) is 12.2. The highest BCUT2D eigenvalue weighted by molar-refractivity contribution is 5.45. The minimum atomic E-state index is 0.341. The van der Waals surface area contributed by atoms with Crippen LogP contribution in [0.15, 0.2) is 29.8 Å². The Labute approximate surface area is 152 Å². The molecule has 1 saturated carbocycles. The van der Waals surface area contributed by atoms with Crippen LogP contribution in [0.5, 0.6) is 5.75 Å². The Morgan fingerprint density at radius 2 is 2.08 bits per heavy atom. The fourth-order valence-corrected chi connectivity index (χ4v) is 6.08. The minimum absolute atomic E-state index is 0.341. The number of hydrogen-bond donors (Lipinski definition) is 1. The van der Waals surface area contributed by atoms with Gasteiger partial charge in [-0.3, -0.25) is 4.90 Å². The molecule has 3 aliphatic rings. The minimum Gasteiger partial charge on any atom is -0.508 e. The van der Waals surface area contributed by atoms with Gasteiger partial charge in [0.15, 0.2) is 0 Å². The van der Waals surface area contributed by atoms with Crippen LogP contribution in [0, 0.1) is 5.92 Å². The molecule has 1 aliphatic heterocycles. The molecule has 1 heterocycles. The van der Waals surface area contributed by atoms with Gasteiger partial charge in [0.25, 0.3) is 0 Å². The highest BCUT2D eigenvalue weighted by Crippen LogP contribution is 2.56. The number of phenolic OH excluding ortho intramolecular Hbond substituents is 1. The van der Waals surface area contributed by atoms with Crippen molar-refractivity contribution in [1.82, 2.24) is 4.90 Å². The molecule has 1 aromatic carbocycles. The normalized spacial score (nSPS) is 31.1. The van der Waals surface area contributed by atoms with Crippen molar-refractivity contribution in [3.8, 4) is 5.75 Å². The van der Waals surface area contributed by atoms with Crippen molar-refractivity contribution in [3.05, 3.63) is 41.0 Å². The zero-order valence-corrected chi connectivity index (χ0v) is 15.9. The molecule has 2 fully saturated rings. The maximum absolute atomic E-state index is 10.1. The van der Waals surface area contributed by atoms with Gasteiger partial charge in [-0.15, -0.1) is 0 Å². The summed E-state index contributed by atoms with van der Waals surface area (Å²) in [5, 5.41) is 10.1. The molecule has 3 atom stereocenters. The van der Waals surface area contributed by atoms with E-state index >= 15 is 0 Å². The maximum atomic E-state index is 10.1. The van der Waals surface area contributed by atoms with Gasteiger partial charge >= 0.3 is 0 Å². The summed E-state index contributed by atoms with van der Waals surface area (Å²) in [6, 6.07) is 6.89. The van der Waals surface area contributed by atoms with Gasteiger partial charge in [0.1, 0.15) is 5.75 Å². The molecule has 2 aliphatic carbocycles.